The minimum atomic E-state index is 0.875. The monoisotopic (exact) mass is 194 g/mol. The highest BCUT2D eigenvalue weighted by Gasteiger charge is 2.42. The van der Waals surface area contributed by atoms with Crippen LogP contribution >= 0.6 is 0 Å². The van der Waals surface area contributed by atoms with Gasteiger partial charge in [-0.3, -0.25) is 4.90 Å². The number of nitrogens with zero attached hydrogens (tertiary/aromatic N) is 1. The SMILES string of the molecule is CC1CC(N2C3CCNCC2CC3)C1. The molecule has 2 aliphatic heterocycles. The smallest absolute Gasteiger partial charge is 0.0227 e. The summed E-state index contributed by atoms with van der Waals surface area (Å²) in [7, 11) is 0. The number of rotatable bonds is 1. The summed E-state index contributed by atoms with van der Waals surface area (Å²) in [5.41, 5.74) is 0. The zero-order valence-corrected chi connectivity index (χ0v) is 9.21. The van der Waals surface area contributed by atoms with E-state index in [1.807, 2.05) is 0 Å². The molecule has 2 unspecified atom stereocenters. The average Bonchev–Trinajstić information content (AvgIpc) is 2.34. The average molecular weight is 194 g/mol. The van der Waals surface area contributed by atoms with Gasteiger partial charge in [0.05, 0.1) is 0 Å². The third-order valence-corrected chi connectivity index (χ3v) is 4.48. The fourth-order valence-corrected chi connectivity index (χ4v) is 3.72. The maximum absolute atomic E-state index is 3.58. The van der Waals surface area contributed by atoms with Gasteiger partial charge >= 0.3 is 0 Å². The van der Waals surface area contributed by atoms with Crippen LogP contribution in [-0.2, 0) is 0 Å². The van der Waals surface area contributed by atoms with Crippen molar-refractivity contribution in [3.8, 4) is 0 Å². The highest BCUT2D eigenvalue weighted by molar-refractivity contribution is 4.98. The summed E-state index contributed by atoms with van der Waals surface area (Å²) in [4.78, 5) is 2.88. The van der Waals surface area contributed by atoms with Gasteiger partial charge in [-0.2, -0.15) is 0 Å². The molecule has 1 saturated carbocycles. The number of hydrogen-bond donors (Lipinski definition) is 1. The summed E-state index contributed by atoms with van der Waals surface area (Å²) in [5.74, 6) is 0.996. The molecule has 80 valence electrons. The molecule has 2 saturated heterocycles. The van der Waals surface area contributed by atoms with Gasteiger partial charge in [0, 0.05) is 24.7 Å². The molecule has 2 atom stereocenters. The lowest BCUT2D eigenvalue weighted by molar-refractivity contribution is 0.0486. The minimum Gasteiger partial charge on any atom is -0.315 e. The Hall–Kier alpha value is -0.0800. The van der Waals surface area contributed by atoms with Crippen molar-refractivity contribution in [2.24, 2.45) is 5.92 Å². The van der Waals surface area contributed by atoms with E-state index in [0.29, 0.717) is 0 Å². The lowest BCUT2D eigenvalue weighted by Gasteiger charge is -2.44. The summed E-state index contributed by atoms with van der Waals surface area (Å²) in [6.45, 7) is 4.90. The lowest BCUT2D eigenvalue weighted by Crippen LogP contribution is -2.50. The fraction of sp³-hybridized carbons (Fsp3) is 1.00. The van der Waals surface area contributed by atoms with Crippen LogP contribution in [0.1, 0.15) is 39.0 Å². The fourth-order valence-electron chi connectivity index (χ4n) is 3.72. The van der Waals surface area contributed by atoms with Crippen LogP contribution in [0.4, 0.5) is 0 Å². The van der Waals surface area contributed by atoms with E-state index in [1.165, 1.54) is 45.2 Å². The summed E-state index contributed by atoms with van der Waals surface area (Å²) in [5, 5.41) is 3.58. The zero-order chi connectivity index (χ0) is 9.54. The maximum atomic E-state index is 3.58. The van der Waals surface area contributed by atoms with Crippen LogP contribution in [0.3, 0.4) is 0 Å². The minimum absolute atomic E-state index is 0.875. The van der Waals surface area contributed by atoms with Crippen LogP contribution in [0, 0.1) is 5.92 Å². The van der Waals surface area contributed by atoms with Crippen LogP contribution in [-0.4, -0.2) is 36.1 Å². The van der Waals surface area contributed by atoms with Crippen molar-refractivity contribution in [2.45, 2.75) is 57.2 Å². The van der Waals surface area contributed by atoms with Crippen LogP contribution in [0.15, 0.2) is 0 Å². The molecular weight excluding hydrogens is 172 g/mol. The molecule has 3 aliphatic rings. The summed E-state index contributed by atoms with van der Waals surface area (Å²) in [6.07, 6.45) is 7.24. The molecule has 1 N–H and O–H groups in total. The Morgan fingerprint density at radius 1 is 1.00 bits per heavy atom. The largest absolute Gasteiger partial charge is 0.315 e. The number of nitrogens with one attached hydrogen (secondary N) is 1. The van der Waals surface area contributed by atoms with Gasteiger partial charge in [0.1, 0.15) is 0 Å². The Kier molecular flexibility index (Phi) is 2.29. The van der Waals surface area contributed by atoms with E-state index in [-0.39, 0.29) is 0 Å². The first kappa shape index (κ1) is 9.17. The second-order valence-corrected chi connectivity index (χ2v) is 5.56. The van der Waals surface area contributed by atoms with Crippen molar-refractivity contribution in [3.63, 3.8) is 0 Å². The Morgan fingerprint density at radius 2 is 1.79 bits per heavy atom. The zero-order valence-electron chi connectivity index (χ0n) is 9.21. The van der Waals surface area contributed by atoms with E-state index >= 15 is 0 Å². The van der Waals surface area contributed by atoms with Crippen molar-refractivity contribution < 1.29 is 0 Å². The Labute approximate surface area is 87.0 Å². The first-order valence-electron chi connectivity index (χ1n) is 6.33. The summed E-state index contributed by atoms with van der Waals surface area (Å²) in [6, 6.07) is 2.75. The molecule has 3 rings (SSSR count). The molecule has 2 bridgehead atoms. The van der Waals surface area contributed by atoms with Gasteiger partial charge in [0.15, 0.2) is 0 Å². The maximum Gasteiger partial charge on any atom is 0.0227 e. The van der Waals surface area contributed by atoms with Gasteiger partial charge in [-0.1, -0.05) is 6.92 Å². The molecule has 2 heterocycles. The molecular formula is C12H22N2. The van der Waals surface area contributed by atoms with Crippen LogP contribution < -0.4 is 5.32 Å². The topological polar surface area (TPSA) is 15.3 Å². The van der Waals surface area contributed by atoms with E-state index in [1.54, 1.807) is 0 Å². The predicted octanol–water partition coefficient (Wildman–Crippen LogP) is 1.61. The Morgan fingerprint density at radius 3 is 2.57 bits per heavy atom. The van der Waals surface area contributed by atoms with Crippen LogP contribution in [0.25, 0.3) is 0 Å². The molecule has 0 aromatic heterocycles. The molecule has 0 aromatic rings. The van der Waals surface area contributed by atoms with Crippen molar-refractivity contribution >= 4 is 0 Å². The van der Waals surface area contributed by atoms with E-state index in [4.69, 9.17) is 0 Å². The third-order valence-electron chi connectivity index (χ3n) is 4.48. The predicted molar refractivity (Wildman–Crippen MR) is 58.3 cm³/mol. The molecule has 0 spiro atoms. The van der Waals surface area contributed by atoms with Crippen LogP contribution in [0.2, 0.25) is 0 Å². The summed E-state index contributed by atoms with van der Waals surface area (Å²) < 4.78 is 0. The number of fused-ring (bicyclic) bond motifs is 2. The van der Waals surface area contributed by atoms with Gasteiger partial charge in [0.2, 0.25) is 0 Å². The normalized spacial score (nSPS) is 48.6. The van der Waals surface area contributed by atoms with E-state index in [9.17, 15) is 0 Å². The van der Waals surface area contributed by atoms with Gasteiger partial charge in [0.25, 0.3) is 0 Å². The quantitative estimate of drug-likeness (QED) is 0.682. The third kappa shape index (κ3) is 1.40. The van der Waals surface area contributed by atoms with Gasteiger partial charge in [-0.05, 0) is 44.6 Å². The van der Waals surface area contributed by atoms with Gasteiger partial charge in [-0.25, -0.2) is 0 Å². The first-order chi connectivity index (χ1) is 6.84. The Balaban J connectivity index is 1.71. The standard InChI is InChI=1S/C12H22N2/c1-9-6-12(7-9)14-10-2-3-11(14)8-13-5-4-10/h9-13H,2-8H2,1H3. The molecule has 1 aliphatic carbocycles. The van der Waals surface area contributed by atoms with Gasteiger partial charge in [-0.15, -0.1) is 0 Å². The van der Waals surface area contributed by atoms with Crippen molar-refractivity contribution in [2.75, 3.05) is 13.1 Å². The van der Waals surface area contributed by atoms with Crippen molar-refractivity contribution in [1.82, 2.24) is 10.2 Å². The molecule has 0 aromatic carbocycles. The Bertz CT molecular complexity index is 196. The molecule has 2 heteroatoms. The second-order valence-electron chi connectivity index (χ2n) is 5.56. The molecule has 14 heavy (non-hydrogen) atoms. The van der Waals surface area contributed by atoms with Crippen molar-refractivity contribution in [3.05, 3.63) is 0 Å². The molecule has 0 amide bonds. The van der Waals surface area contributed by atoms with Gasteiger partial charge < -0.3 is 5.32 Å². The molecule has 0 radical (unpaired) electrons. The van der Waals surface area contributed by atoms with E-state index in [0.717, 1.165) is 24.0 Å². The summed E-state index contributed by atoms with van der Waals surface area (Å²) >= 11 is 0. The second kappa shape index (κ2) is 3.49. The van der Waals surface area contributed by atoms with Crippen molar-refractivity contribution in [1.29, 1.82) is 0 Å². The van der Waals surface area contributed by atoms with Crippen LogP contribution in [0.5, 0.6) is 0 Å². The number of hydrogen-bond acceptors (Lipinski definition) is 2. The highest BCUT2D eigenvalue weighted by atomic mass is 15.3. The molecule has 2 nitrogen and oxygen atoms in total. The first-order valence-corrected chi connectivity index (χ1v) is 6.33. The van der Waals surface area contributed by atoms with E-state index < -0.39 is 0 Å². The molecule has 3 fully saturated rings. The van der Waals surface area contributed by atoms with E-state index in [2.05, 4.69) is 17.1 Å². The lowest BCUT2D eigenvalue weighted by atomic mass is 9.80. The highest BCUT2D eigenvalue weighted by Crippen LogP contribution is 2.39.